The van der Waals surface area contributed by atoms with Crippen LogP contribution < -0.4 is 10.1 Å². The maximum Gasteiger partial charge on any atom is 0.328 e. The van der Waals surface area contributed by atoms with Gasteiger partial charge in [-0.3, -0.25) is 4.79 Å². The second-order valence-corrected chi connectivity index (χ2v) is 8.10. The Labute approximate surface area is 177 Å². The van der Waals surface area contributed by atoms with Crippen molar-refractivity contribution in [2.45, 2.75) is 58.6 Å². The van der Waals surface area contributed by atoms with Crippen molar-refractivity contribution in [3.05, 3.63) is 58.1 Å². The molecule has 1 amide bonds. The fraction of sp³-hybridized carbons (Fsp3) is 0.417. The first-order valence-electron chi connectivity index (χ1n) is 10.1. The lowest BCUT2D eigenvalue weighted by molar-refractivity contribution is -0.148. The summed E-state index contributed by atoms with van der Waals surface area (Å²) in [5.41, 5.74) is 3.07. The highest BCUT2D eigenvalue weighted by Gasteiger charge is 2.42. The standard InChI is InChI=1S/C24H29NO5/c1-14-15(2)21-18(16(3)20(14)26)11-12-24(4,30-21)23(28)25-19(22(27)29-5)13-17-9-7-6-8-10-17/h6-10,19,26H,11-13H2,1-5H3,(H,25,28)/t19-,24+/m0/s1. The summed E-state index contributed by atoms with van der Waals surface area (Å²) in [6.45, 7) is 7.31. The number of phenolic OH excluding ortho intramolecular Hbond substituents is 1. The van der Waals surface area contributed by atoms with Gasteiger partial charge in [-0.2, -0.15) is 0 Å². The average molecular weight is 411 g/mol. The first-order chi connectivity index (χ1) is 14.2. The topological polar surface area (TPSA) is 84.9 Å². The molecule has 30 heavy (non-hydrogen) atoms. The summed E-state index contributed by atoms with van der Waals surface area (Å²) >= 11 is 0. The molecule has 3 rings (SSSR count). The molecule has 2 N–H and O–H groups in total. The molecule has 2 atom stereocenters. The minimum atomic E-state index is -1.13. The second kappa shape index (κ2) is 8.38. The van der Waals surface area contributed by atoms with E-state index in [1.165, 1.54) is 7.11 Å². The first kappa shape index (κ1) is 21.7. The first-order valence-corrected chi connectivity index (χ1v) is 10.1. The lowest BCUT2D eigenvalue weighted by atomic mass is 9.86. The number of ether oxygens (including phenoxy) is 2. The molecule has 1 aliphatic heterocycles. The third-order valence-electron chi connectivity index (χ3n) is 6.07. The molecule has 0 bridgehead atoms. The molecule has 0 saturated heterocycles. The number of fused-ring (bicyclic) bond motifs is 1. The Morgan fingerprint density at radius 2 is 1.83 bits per heavy atom. The smallest absolute Gasteiger partial charge is 0.328 e. The number of esters is 1. The fourth-order valence-corrected chi connectivity index (χ4v) is 3.90. The maximum atomic E-state index is 13.2. The number of hydrogen-bond donors (Lipinski definition) is 2. The quantitative estimate of drug-likeness (QED) is 0.738. The molecule has 1 aliphatic rings. The zero-order valence-electron chi connectivity index (χ0n) is 18.2. The van der Waals surface area contributed by atoms with Crippen LogP contribution in [0.3, 0.4) is 0 Å². The van der Waals surface area contributed by atoms with E-state index in [0.717, 1.165) is 27.8 Å². The third kappa shape index (κ3) is 3.99. The number of methoxy groups -OCH3 is 1. The fourth-order valence-electron chi connectivity index (χ4n) is 3.90. The van der Waals surface area contributed by atoms with E-state index in [4.69, 9.17) is 9.47 Å². The molecule has 6 nitrogen and oxygen atoms in total. The van der Waals surface area contributed by atoms with Crippen LogP contribution in [-0.2, 0) is 27.2 Å². The second-order valence-electron chi connectivity index (χ2n) is 8.10. The van der Waals surface area contributed by atoms with Crippen LogP contribution in [-0.4, -0.2) is 35.7 Å². The molecule has 0 fully saturated rings. The largest absolute Gasteiger partial charge is 0.507 e. The molecule has 0 radical (unpaired) electrons. The van der Waals surface area contributed by atoms with E-state index in [2.05, 4.69) is 5.32 Å². The number of aromatic hydroxyl groups is 1. The van der Waals surface area contributed by atoms with Crippen molar-refractivity contribution in [3.63, 3.8) is 0 Å². The van der Waals surface area contributed by atoms with E-state index in [0.29, 0.717) is 25.0 Å². The molecule has 2 aromatic carbocycles. The van der Waals surface area contributed by atoms with Crippen molar-refractivity contribution in [1.82, 2.24) is 5.32 Å². The number of rotatable bonds is 5. The molecular weight excluding hydrogens is 382 g/mol. The van der Waals surface area contributed by atoms with Crippen molar-refractivity contribution in [1.29, 1.82) is 0 Å². The normalized spacial score (nSPS) is 18.7. The molecular formula is C24H29NO5. The Morgan fingerprint density at radius 1 is 1.17 bits per heavy atom. The monoisotopic (exact) mass is 411 g/mol. The summed E-state index contributed by atoms with van der Waals surface area (Å²) in [7, 11) is 1.31. The molecule has 0 aliphatic carbocycles. The van der Waals surface area contributed by atoms with Gasteiger partial charge in [-0.25, -0.2) is 4.79 Å². The van der Waals surface area contributed by atoms with Gasteiger partial charge in [0, 0.05) is 18.4 Å². The molecule has 0 unspecified atom stereocenters. The molecule has 0 spiro atoms. The van der Waals surface area contributed by atoms with Crippen molar-refractivity contribution in [2.75, 3.05) is 7.11 Å². The number of carbonyl (C=O) groups is 2. The van der Waals surface area contributed by atoms with Crippen LogP contribution in [0.25, 0.3) is 0 Å². The number of phenols is 1. The summed E-state index contributed by atoms with van der Waals surface area (Å²) < 4.78 is 11.1. The third-order valence-corrected chi connectivity index (χ3v) is 6.07. The predicted molar refractivity (Wildman–Crippen MR) is 114 cm³/mol. The van der Waals surface area contributed by atoms with E-state index in [9.17, 15) is 14.7 Å². The van der Waals surface area contributed by atoms with Gasteiger partial charge in [0.2, 0.25) is 0 Å². The van der Waals surface area contributed by atoms with Gasteiger partial charge in [0.05, 0.1) is 7.11 Å². The summed E-state index contributed by atoms with van der Waals surface area (Å²) in [5, 5.41) is 13.2. The van der Waals surface area contributed by atoms with Crippen molar-refractivity contribution in [3.8, 4) is 11.5 Å². The Hall–Kier alpha value is -3.02. The highest BCUT2D eigenvalue weighted by Crippen LogP contribution is 2.43. The van der Waals surface area contributed by atoms with Gasteiger partial charge in [-0.1, -0.05) is 30.3 Å². The SMILES string of the molecule is COC(=O)[C@H](Cc1ccccc1)NC(=O)[C@@]1(C)CCc2c(C)c(O)c(C)c(C)c2O1. The highest BCUT2D eigenvalue weighted by molar-refractivity contribution is 5.90. The molecule has 0 aromatic heterocycles. The van der Waals surface area contributed by atoms with Crippen LogP contribution in [0.15, 0.2) is 30.3 Å². The molecule has 1 heterocycles. The molecule has 0 saturated carbocycles. The Morgan fingerprint density at radius 3 is 2.47 bits per heavy atom. The number of hydrogen-bond acceptors (Lipinski definition) is 5. The lowest BCUT2D eigenvalue weighted by Gasteiger charge is -2.37. The number of nitrogens with one attached hydrogen (secondary N) is 1. The van der Waals surface area contributed by atoms with E-state index in [1.54, 1.807) is 6.92 Å². The van der Waals surface area contributed by atoms with Gasteiger partial charge in [0.15, 0.2) is 5.60 Å². The van der Waals surface area contributed by atoms with Crippen LogP contribution in [0.2, 0.25) is 0 Å². The summed E-state index contributed by atoms with van der Waals surface area (Å²) in [5.74, 6) is 0.0583. The van der Waals surface area contributed by atoms with Gasteiger partial charge in [0.25, 0.3) is 5.91 Å². The predicted octanol–water partition coefficient (Wildman–Crippen LogP) is 3.30. The van der Waals surface area contributed by atoms with Crippen LogP contribution in [0.5, 0.6) is 11.5 Å². The van der Waals surface area contributed by atoms with E-state index in [-0.39, 0.29) is 11.7 Å². The van der Waals surface area contributed by atoms with Crippen molar-refractivity contribution in [2.24, 2.45) is 0 Å². The van der Waals surface area contributed by atoms with Gasteiger partial charge >= 0.3 is 5.97 Å². The van der Waals surface area contributed by atoms with Crippen LogP contribution in [0, 0.1) is 20.8 Å². The summed E-state index contributed by atoms with van der Waals surface area (Å²) in [6, 6.07) is 8.66. The van der Waals surface area contributed by atoms with Crippen molar-refractivity contribution < 1.29 is 24.2 Å². The van der Waals surface area contributed by atoms with Crippen LogP contribution >= 0.6 is 0 Å². The van der Waals surface area contributed by atoms with E-state index < -0.39 is 17.6 Å². The number of carbonyl (C=O) groups excluding carboxylic acids is 2. The molecule has 160 valence electrons. The summed E-state index contributed by atoms with van der Waals surface area (Å²) in [6.07, 6.45) is 1.37. The Bertz CT molecular complexity index is 970. The molecule has 6 heteroatoms. The number of amides is 1. The van der Waals surface area contributed by atoms with Gasteiger partial charge in [-0.05, 0) is 56.4 Å². The van der Waals surface area contributed by atoms with Crippen LogP contribution in [0.1, 0.15) is 41.2 Å². The Kier molecular flexibility index (Phi) is 6.06. The van der Waals surface area contributed by atoms with E-state index >= 15 is 0 Å². The highest BCUT2D eigenvalue weighted by atomic mass is 16.5. The van der Waals surface area contributed by atoms with E-state index in [1.807, 2.05) is 51.1 Å². The lowest BCUT2D eigenvalue weighted by Crippen LogP contribution is -2.55. The zero-order valence-corrected chi connectivity index (χ0v) is 18.2. The average Bonchev–Trinajstić information content (AvgIpc) is 2.75. The number of benzene rings is 2. The van der Waals surface area contributed by atoms with Crippen molar-refractivity contribution >= 4 is 11.9 Å². The molecule has 2 aromatic rings. The van der Waals surface area contributed by atoms with Crippen LogP contribution in [0.4, 0.5) is 0 Å². The summed E-state index contributed by atoms with van der Waals surface area (Å²) in [4.78, 5) is 25.5. The van der Waals surface area contributed by atoms with Gasteiger partial charge in [0.1, 0.15) is 17.5 Å². The van der Waals surface area contributed by atoms with Gasteiger partial charge in [-0.15, -0.1) is 0 Å². The maximum absolute atomic E-state index is 13.2. The zero-order chi connectivity index (χ0) is 22.1. The minimum absolute atomic E-state index is 0.275. The minimum Gasteiger partial charge on any atom is -0.507 e. The Balaban J connectivity index is 1.84. The van der Waals surface area contributed by atoms with Gasteiger partial charge < -0.3 is 19.9 Å².